The molecule has 0 radical (unpaired) electrons. The first-order valence-electron chi connectivity index (χ1n) is 5.06. The van der Waals surface area contributed by atoms with Gasteiger partial charge < -0.3 is 5.32 Å². The summed E-state index contributed by atoms with van der Waals surface area (Å²) in [5, 5.41) is 3.21. The molecule has 1 aromatic heterocycles. The molecular weight excluding hydrogens is 210 g/mol. The maximum atomic E-state index is 11.1. The minimum atomic E-state index is -0.685. The number of hydrogen-bond acceptors (Lipinski definition) is 4. The van der Waals surface area contributed by atoms with E-state index in [4.69, 9.17) is 0 Å². The zero-order chi connectivity index (χ0) is 11.1. The van der Waals surface area contributed by atoms with Gasteiger partial charge in [-0.3, -0.25) is 4.21 Å². The van der Waals surface area contributed by atoms with Crippen molar-refractivity contribution in [3.05, 3.63) is 23.8 Å². The number of aryl methyl sites for hydroxylation is 1. The standard InChI is InChI=1S/C10H17N3OS/c1-3-15(14)7-6-11-8-10-4-5-12-9(2)13-10/h4-5,11H,3,6-8H2,1-2H3. The fraction of sp³-hybridized carbons (Fsp3) is 0.600. The summed E-state index contributed by atoms with van der Waals surface area (Å²) < 4.78 is 11.1. The van der Waals surface area contributed by atoms with Gasteiger partial charge in [0.05, 0.1) is 5.69 Å². The molecular formula is C10H17N3OS. The fourth-order valence-electron chi connectivity index (χ4n) is 1.15. The lowest BCUT2D eigenvalue weighted by Gasteiger charge is -2.03. The van der Waals surface area contributed by atoms with Gasteiger partial charge in [0.1, 0.15) is 5.82 Å². The molecule has 0 saturated carbocycles. The summed E-state index contributed by atoms with van der Waals surface area (Å²) in [7, 11) is -0.685. The summed E-state index contributed by atoms with van der Waals surface area (Å²) in [5.41, 5.74) is 0.977. The molecule has 84 valence electrons. The Bertz CT molecular complexity index is 330. The average molecular weight is 227 g/mol. The minimum absolute atomic E-state index is 0.685. The lowest BCUT2D eigenvalue weighted by atomic mass is 10.4. The molecule has 0 spiro atoms. The molecule has 0 aliphatic rings. The van der Waals surface area contributed by atoms with Gasteiger partial charge in [0.25, 0.3) is 0 Å². The van der Waals surface area contributed by atoms with Crippen molar-refractivity contribution in [2.45, 2.75) is 20.4 Å². The van der Waals surface area contributed by atoms with Crippen molar-refractivity contribution < 1.29 is 4.21 Å². The third-order valence-corrected chi connectivity index (χ3v) is 3.27. The van der Waals surface area contributed by atoms with Crippen LogP contribution in [0.4, 0.5) is 0 Å². The molecule has 0 aliphatic heterocycles. The topological polar surface area (TPSA) is 54.9 Å². The summed E-state index contributed by atoms with van der Waals surface area (Å²) in [6.45, 7) is 5.29. The third kappa shape index (κ3) is 4.99. The Morgan fingerprint density at radius 1 is 1.53 bits per heavy atom. The summed E-state index contributed by atoms with van der Waals surface area (Å²) in [4.78, 5) is 8.28. The van der Waals surface area contributed by atoms with Gasteiger partial charge in [-0.1, -0.05) is 6.92 Å². The quantitative estimate of drug-likeness (QED) is 0.725. The second-order valence-corrected chi connectivity index (χ2v) is 5.07. The van der Waals surface area contributed by atoms with E-state index in [1.165, 1.54) is 0 Å². The van der Waals surface area contributed by atoms with Crippen molar-refractivity contribution in [1.29, 1.82) is 0 Å². The van der Waals surface area contributed by atoms with Crippen molar-refractivity contribution in [2.75, 3.05) is 18.1 Å². The number of rotatable bonds is 6. The first kappa shape index (κ1) is 12.3. The Balaban J connectivity index is 2.23. The average Bonchev–Trinajstić information content (AvgIpc) is 2.24. The molecule has 0 amide bonds. The van der Waals surface area contributed by atoms with Gasteiger partial charge in [0, 0.05) is 41.6 Å². The number of nitrogens with one attached hydrogen (secondary N) is 1. The Kier molecular flexibility index (Phi) is 5.42. The van der Waals surface area contributed by atoms with E-state index in [2.05, 4.69) is 15.3 Å². The van der Waals surface area contributed by atoms with Crippen molar-refractivity contribution in [2.24, 2.45) is 0 Å². The van der Waals surface area contributed by atoms with E-state index in [9.17, 15) is 4.21 Å². The van der Waals surface area contributed by atoms with Crippen LogP contribution in [0.5, 0.6) is 0 Å². The molecule has 4 nitrogen and oxygen atoms in total. The van der Waals surface area contributed by atoms with Crippen molar-refractivity contribution in [3.63, 3.8) is 0 Å². The van der Waals surface area contributed by atoms with E-state index in [0.717, 1.165) is 23.8 Å². The van der Waals surface area contributed by atoms with E-state index >= 15 is 0 Å². The molecule has 0 fully saturated rings. The first-order chi connectivity index (χ1) is 7.22. The second kappa shape index (κ2) is 6.63. The van der Waals surface area contributed by atoms with Gasteiger partial charge in [-0.15, -0.1) is 0 Å². The van der Waals surface area contributed by atoms with Crippen LogP contribution >= 0.6 is 0 Å². The number of nitrogens with zero attached hydrogens (tertiary/aromatic N) is 2. The first-order valence-corrected chi connectivity index (χ1v) is 6.55. The maximum Gasteiger partial charge on any atom is 0.125 e. The molecule has 1 heterocycles. The molecule has 15 heavy (non-hydrogen) atoms. The monoisotopic (exact) mass is 227 g/mol. The van der Waals surface area contributed by atoms with E-state index < -0.39 is 10.8 Å². The van der Waals surface area contributed by atoms with Crippen molar-refractivity contribution >= 4 is 10.8 Å². The van der Waals surface area contributed by atoms with Crippen LogP contribution in [0.3, 0.4) is 0 Å². The highest BCUT2D eigenvalue weighted by Crippen LogP contribution is 1.93. The van der Waals surface area contributed by atoms with E-state index in [1.54, 1.807) is 6.20 Å². The van der Waals surface area contributed by atoms with Crippen molar-refractivity contribution in [3.8, 4) is 0 Å². The molecule has 1 atom stereocenters. The highest BCUT2D eigenvalue weighted by Gasteiger charge is 1.97. The van der Waals surface area contributed by atoms with Crippen LogP contribution in [0, 0.1) is 6.92 Å². The normalized spacial score (nSPS) is 12.7. The second-order valence-electron chi connectivity index (χ2n) is 3.20. The maximum absolute atomic E-state index is 11.1. The van der Waals surface area contributed by atoms with E-state index in [0.29, 0.717) is 12.3 Å². The Hall–Kier alpha value is -0.810. The predicted octanol–water partition coefficient (Wildman–Crippen LogP) is 0.643. The molecule has 1 unspecified atom stereocenters. The Morgan fingerprint density at radius 3 is 3.00 bits per heavy atom. The van der Waals surface area contributed by atoms with Gasteiger partial charge in [0.15, 0.2) is 0 Å². The minimum Gasteiger partial charge on any atom is -0.310 e. The number of hydrogen-bond donors (Lipinski definition) is 1. The molecule has 0 saturated heterocycles. The van der Waals surface area contributed by atoms with Gasteiger partial charge in [-0.2, -0.15) is 0 Å². The summed E-state index contributed by atoms with van der Waals surface area (Å²) >= 11 is 0. The summed E-state index contributed by atoms with van der Waals surface area (Å²) in [5.74, 6) is 2.22. The molecule has 1 aromatic rings. The predicted molar refractivity (Wildman–Crippen MR) is 62.0 cm³/mol. The number of aromatic nitrogens is 2. The van der Waals surface area contributed by atoms with Gasteiger partial charge >= 0.3 is 0 Å². The third-order valence-electron chi connectivity index (χ3n) is 1.97. The molecule has 1 N–H and O–H groups in total. The lowest BCUT2D eigenvalue weighted by molar-refractivity contribution is 0.670. The van der Waals surface area contributed by atoms with Crippen molar-refractivity contribution in [1.82, 2.24) is 15.3 Å². The van der Waals surface area contributed by atoms with Crippen LogP contribution in [-0.4, -0.2) is 32.2 Å². The molecule has 0 bridgehead atoms. The molecule has 0 aliphatic carbocycles. The molecule has 0 aromatic carbocycles. The van der Waals surface area contributed by atoms with Crippen LogP contribution in [0.15, 0.2) is 12.3 Å². The van der Waals surface area contributed by atoms with E-state index in [-0.39, 0.29) is 0 Å². The largest absolute Gasteiger partial charge is 0.310 e. The zero-order valence-electron chi connectivity index (χ0n) is 9.19. The van der Waals surface area contributed by atoms with Gasteiger partial charge in [-0.25, -0.2) is 9.97 Å². The van der Waals surface area contributed by atoms with E-state index in [1.807, 2.05) is 19.9 Å². The molecule has 5 heteroatoms. The Morgan fingerprint density at radius 2 is 2.33 bits per heavy atom. The smallest absolute Gasteiger partial charge is 0.125 e. The van der Waals surface area contributed by atoms with Gasteiger partial charge in [0.2, 0.25) is 0 Å². The van der Waals surface area contributed by atoms with Crippen LogP contribution in [-0.2, 0) is 17.3 Å². The van der Waals surface area contributed by atoms with Crippen LogP contribution in [0.25, 0.3) is 0 Å². The molecule has 1 rings (SSSR count). The summed E-state index contributed by atoms with van der Waals surface area (Å²) in [6, 6.07) is 1.89. The highest BCUT2D eigenvalue weighted by atomic mass is 32.2. The SMILES string of the molecule is CCS(=O)CCNCc1ccnc(C)n1. The highest BCUT2D eigenvalue weighted by molar-refractivity contribution is 7.84. The van der Waals surface area contributed by atoms with Crippen LogP contribution in [0.1, 0.15) is 18.4 Å². The van der Waals surface area contributed by atoms with Gasteiger partial charge in [-0.05, 0) is 13.0 Å². The lowest BCUT2D eigenvalue weighted by Crippen LogP contribution is -2.21. The summed E-state index contributed by atoms with van der Waals surface area (Å²) in [6.07, 6.45) is 1.75. The van der Waals surface area contributed by atoms with Crippen LogP contribution in [0.2, 0.25) is 0 Å². The zero-order valence-corrected chi connectivity index (χ0v) is 10.0. The van der Waals surface area contributed by atoms with Crippen LogP contribution < -0.4 is 5.32 Å². The Labute approximate surface area is 93.0 Å². The fourth-order valence-corrected chi connectivity index (χ4v) is 1.81.